The van der Waals surface area contributed by atoms with Crippen LogP contribution < -0.4 is 9.47 Å². The maximum Gasteiger partial charge on any atom is 0.123 e. The third-order valence-electron chi connectivity index (χ3n) is 7.89. The molecule has 4 aliphatic carbocycles. The summed E-state index contributed by atoms with van der Waals surface area (Å²) in [6, 6.07) is 14.1. The van der Waals surface area contributed by atoms with Crippen LogP contribution in [0.25, 0.3) is 22.3 Å². The molecule has 0 N–H and O–H groups in total. The van der Waals surface area contributed by atoms with E-state index in [0.717, 1.165) is 31.1 Å². The van der Waals surface area contributed by atoms with Gasteiger partial charge in [0.1, 0.15) is 11.5 Å². The van der Waals surface area contributed by atoms with Crippen molar-refractivity contribution in [3.63, 3.8) is 0 Å². The van der Waals surface area contributed by atoms with Crippen molar-refractivity contribution in [3.8, 4) is 33.8 Å². The third kappa shape index (κ3) is 3.07. The zero-order valence-electron chi connectivity index (χ0n) is 20.6. The Morgan fingerprint density at radius 2 is 1.03 bits per heavy atom. The molecule has 2 nitrogen and oxygen atoms in total. The number of hydrogen-bond acceptors (Lipinski definition) is 2. The first-order valence-corrected chi connectivity index (χ1v) is 12.2. The van der Waals surface area contributed by atoms with E-state index in [1.165, 1.54) is 66.8 Å². The molecule has 6 aliphatic rings. The molecule has 0 radical (unpaired) electrons. The fourth-order valence-electron chi connectivity index (χ4n) is 6.14. The van der Waals surface area contributed by atoms with Crippen LogP contribution in [0, 0.1) is 27.7 Å². The Hall–Kier alpha value is -3.00. The molecule has 0 saturated carbocycles. The number of hydrogen-bond donors (Lipinski definition) is 0. The molecule has 168 valence electrons. The van der Waals surface area contributed by atoms with Gasteiger partial charge < -0.3 is 9.47 Å². The molecule has 0 bridgehead atoms. The second kappa shape index (κ2) is 7.25. The Morgan fingerprint density at radius 1 is 0.606 bits per heavy atom. The summed E-state index contributed by atoms with van der Waals surface area (Å²) in [7, 11) is 0. The molecule has 6 rings (SSSR count). The minimum absolute atomic E-state index is 0.448. The predicted molar refractivity (Wildman–Crippen MR) is 136 cm³/mol. The normalized spacial score (nSPS) is 19.0. The average molecular weight is 437 g/mol. The van der Waals surface area contributed by atoms with Crippen LogP contribution in [0.5, 0.6) is 11.5 Å². The topological polar surface area (TPSA) is 18.5 Å². The SMILES string of the molecule is Cc1cc(Cc2cc(C)c3cc4c(cc(C)c2-3)OCC4C)c2c(C)cc3c(cc1-2)C(C)CO3. The second-order valence-electron chi connectivity index (χ2n) is 10.5. The van der Waals surface area contributed by atoms with Crippen molar-refractivity contribution in [1.82, 2.24) is 0 Å². The van der Waals surface area contributed by atoms with Crippen LogP contribution in [0.4, 0.5) is 0 Å². The van der Waals surface area contributed by atoms with Crippen LogP contribution in [0.2, 0.25) is 0 Å². The summed E-state index contributed by atoms with van der Waals surface area (Å²) in [4.78, 5) is 0. The molecule has 0 fully saturated rings. The maximum absolute atomic E-state index is 6.01. The zero-order valence-corrected chi connectivity index (χ0v) is 20.6. The lowest BCUT2D eigenvalue weighted by Crippen LogP contribution is -1.95. The summed E-state index contributed by atoms with van der Waals surface area (Å²) in [6.45, 7) is 15.1. The summed E-state index contributed by atoms with van der Waals surface area (Å²) in [5.74, 6) is 3.01. The highest BCUT2D eigenvalue weighted by Crippen LogP contribution is 2.46. The third-order valence-corrected chi connectivity index (χ3v) is 7.89. The van der Waals surface area contributed by atoms with Crippen LogP contribution in [0.1, 0.15) is 70.2 Å². The van der Waals surface area contributed by atoms with Crippen molar-refractivity contribution < 1.29 is 9.47 Å². The first kappa shape index (κ1) is 20.6. The summed E-state index contributed by atoms with van der Waals surface area (Å²) in [5.41, 5.74) is 16.4. The van der Waals surface area contributed by atoms with Gasteiger partial charge in [-0.1, -0.05) is 26.0 Å². The van der Waals surface area contributed by atoms with Gasteiger partial charge in [0, 0.05) is 23.0 Å². The lowest BCUT2D eigenvalue weighted by atomic mass is 9.95. The minimum Gasteiger partial charge on any atom is -0.493 e. The van der Waals surface area contributed by atoms with E-state index in [-0.39, 0.29) is 0 Å². The predicted octanol–water partition coefficient (Wildman–Crippen LogP) is 7.71. The van der Waals surface area contributed by atoms with Gasteiger partial charge in [-0.15, -0.1) is 0 Å². The molecular weight excluding hydrogens is 404 g/mol. The van der Waals surface area contributed by atoms with E-state index < -0.39 is 0 Å². The largest absolute Gasteiger partial charge is 0.493 e. The summed E-state index contributed by atoms with van der Waals surface area (Å²) >= 11 is 0. The standard InChI is InChI=1S/C31H32O2/c1-16-7-22(30-18(3)9-28-24(12-26(16)30)20(5)14-32-28)11-23-8-17(2)27-13-25-21(6)15-33-29(25)10-19(4)31(23)27/h7-10,12-13,20-21H,11,14-15H2,1-6H3. The molecule has 0 saturated heterocycles. The molecule has 0 spiro atoms. The zero-order chi connectivity index (χ0) is 23.0. The number of ether oxygens (including phenoxy) is 2. The molecule has 33 heavy (non-hydrogen) atoms. The highest BCUT2D eigenvalue weighted by molar-refractivity contribution is 5.83. The van der Waals surface area contributed by atoms with Gasteiger partial charge in [0.15, 0.2) is 0 Å². The van der Waals surface area contributed by atoms with Crippen molar-refractivity contribution in [2.45, 2.75) is 59.8 Å². The van der Waals surface area contributed by atoms with Gasteiger partial charge in [0.2, 0.25) is 0 Å². The van der Waals surface area contributed by atoms with Crippen LogP contribution in [0.15, 0.2) is 36.4 Å². The fourth-order valence-corrected chi connectivity index (χ4v) is 6.14. The second-order valence-corrected chi connectivity index (χ2v) is 10.5. The van der Waals surface area contributed by atoms with E-state index in [9.17, 15) is 0 Å². The molecule has 2 unspecified atom stereocenters. The van der Waals surface area contributed by atoms with Crippen LogP contribution in [-0.4, -0.2) is 13.2 Å². The van der Waals surface area contributed by atoms with Gasteiger partial charge in [-0.05, 0) is 114 Å². The maximum atomic E-state index is 6.01. The smallest absolute Gasteiger partial charge is 0.123 e. The Kier molecular flexibility index (Phi) is 4.52. The van der Waals surface area contributed by atoms with E-state index in [2.05, 4.69) is 77.9 Å². The Morgan fingerprint density at radius 3 is 1.45 bits per heavy atom. The molecule has 2 heteroatoms. The highest BCUT2D eigenvalue weighted by atomic mass is 16.5. The average Bonchev–Trinajstić information content (AvgIpc) is 3.40. The quantitative estimate of drug-likeness (QED) is 0.320. The van der Waals surface area contributed by atoms with Crippen molar-refractivity contribution in [3.05, 3.63) is 80.9 Å². The van der Waals surface area contributed by atoms with Crippen molar-refractivity contribution in [2.75, 3.05) is 13.2 Å². The Labute approximate surface area is 197 Å². The molecule has 2 heterocycles. The lowest BCUT2D eigenvalue weighted by molar-refractivity contribution is 0.337. The van der Waals surface area contributed by atoms with Gasteiger partial charge >= 0.3 is 0 Å². The van der Waals surface area contributed by atoms with Gasteiger partial charge in [-0.2, -0.15) is 0 Å². The highest BCUT2D eigenvalue weighted by Gasteiger charge is 2.27. The molecule has 0 amide bonds. The Balaban J connectivity index is 1.50. The van der Waals surface area contributed by atoms with E-state index >= 15 is 0 Å². The van der Waals surface area contributed by atoms with Gasteiger partial charge in [0.05, 0.1) is 13.2 Å². The number of aryl methyl sites for hydroxylation is 4. The van der Waals surface area contributed by atoms with E-state index in [1.807, 2.05) is 0 Å². The van der Waals surface area contributed by atoms with Crippen LogP contribution in [0.3, 0.4) is 0 Å². The van der Waals surface area contributed by atoms with E-state index in [4.69, 9.17) is 9.47 Å². The molecule has 0 aromatic heterocycles. The monoisotopic (exact) mass is 436 g/mol. The van der Waals surface area contributed by atoms with Gasteiger partial charge in [0.25, 0.3) is 0 Å². The first-order chi connectivity index (χ1) is 15.8. The van der Waals surface area contributed by atoms with Crippen LogP contribution in [-0.2, 0) is 6.42 Å². The van der Waals surface area contributed by atoms with Crippen molar-refractivity contribution in [2.24, 2.45) is 0 Å². The lowest BCUT2D eigenvalue weighted by Gasteiger charge is -2.09. The minimum atomic E-state index is 0.448. The van der Waals surface area contributed by atoms with Gasteiger partial charge in [-0.25, -0.2) is 0 Å². The molecular formula is C31H32O2. The van der Waals surface area contributed by atoms with E-state index in [1.54, 1.807) is 0 Å². The summed E-state index contributed by atoms with van der Waals surface area (Å²) in [5, 5.41) is 0. The molecule has 2 atom stereocenters. The molecule has 0 aromatic carbocycles. The number of rotatable bonds is 2. The fraction of sp³-hybridized carbons (Fsp3) is 0.355. The molecule has 2 aliphatic heterocycles. The van der Waals surface area contributed by atoms with Crippen molar-refractivity contribution >= 4 is 0 Å². The van der Waals surface area contributed by atoms with E-state index in [0.29, 0.717) is 11.8 Å². The molecule has 0 aromatic rings. The summed E-state index contributed by atoms with van der Waals surface area (Å²) in [6.07, 6.45) is 0.937. The van der Waals surface area contributed by atoms with Crippen LogP contribution >= 0.6 is 0 Å². The first-order valence-electron chi connectivity index (χ1n) is 12.2. The Bertz CT molecular complexity index is 1260. The van der Waals surface area contributed by atoms with Crippen molar-refractivity contribution in [1.29, 1.82) is 0 Å². The summed E-state index contributed by atoms with van der Waals surface area (Å²) < 4.78 is 12.0. The van der Waals surface area contributed by atoms with Gasteiger partial charge in [-0.3, -0.25) is 0 Å². The number of fused-ring (bicyclic) bond motifs is 4.